The van der Waals surface area contributed by atoms with Crippen LogP contribution in [-0.2, 0) is 26.0 Å². The predicted octanol–water partition coefficient (Wildman–Crippen LogP) is 3.16. The number of rotatable bonds is 6. The van der Waals surface area contributed by atoms with Crippen molar-refractivity contribution < 1.29 is 18.0 Å². The molecule has 1 heterocycles. The van der Waals surface area contributed by atoms with Gasteiger partial charge >= 0.3 is 0 Å². The number of carbonyl (C=O) groups excluding carboxylic acids is 2. The highest BCUT2D eigenvalue weighted by Crippen LogP contribution is 2.38. The Labute approximate surface area is 183 Å². The molecule has 1 unspecified atom stereocenters. The van der Waals surface area contributed by atoms with Crippen molar-refractivity contribution >= 4 is 27.5 Å². The molecule has 7 nitrogen and oxygen atoms in total. The summed E-state index contributed by atoms with van der Waals surface area (Å²) in [5.41, 5.74) is 2.88. The molecule has 2 aromatic carbocycles. The fraction of sp³-hybridized carbons (Fsp3) is 0.391. The van der Waals surface area contributed by atoms with E-state index in [4.69, 9.17) is 0 Å². The van der Waals surface area contributed by atoms with Crippen LogP contribution in [0.2, 0.25) is 0 Å². The molecule has 0 aromatic heterocycles. The van der Waals surface area contributed by atoms with E-state index in [1.54, 1.807) is 25.1 Å². The average molecular weight is 444 g/mol. The third-order valence-electron chi connectivity index (χ3n) is 5.23. The van der Waals surface area contributed by atoms with Gasteiger partial charge in [0.2, 0.25) is 21.8 Å². The van der Waals surface area contributed by atoms with Crippen LogP contribution in [0, 0.1) is 6.92 Å². The minimum Gasteiger partial charge on any atom is -0.354 e. The molecule has 2 N–H and O–H groups in total. The third kappa shape index (κ3) is 5.14. The maximum Gasteiger partial charge on any atom is 0.245 e. The molecular formula is C23H29N3O4S. The van der Waals surface area contributed by atoms with Crippen LogP contribution in [0.3, 0.4) is 0 Å². The first kappa shape index (κ1) is 23.0. The molecule has 2 amide bonds. The molecule has 1 aliphatic rings. The van der Waals surface area contributed by atoms with Gasteiger partial charge in [-0.15, -0.1) is 0 Å². The number of hydrogen-bond acceptors (Lipinski definition) is 4. The van der Waals surface area contributed by atoms with Crippen LogP contribution in [0.1, 0.15) is 49.9 Å². The van der Waals surface area contributed by atoms with Crippen LogP contribution >= 0.6 is 0 Å². The Bertz CT molecular complexity index is 1100. The first-order valence-electron chi connectivity index (χ1n) is 10.4. The van der Waals surface area contributed by atoms with E-state index < -0.39 is 16.1 Å². The van der Waals surface area contributed by atoms with Crippen molar-refractivity contribution in [1.82, 2.24) is 9.62 Å². The van der Waals surface area contributed by atoms with Crippen molar-refractivity contribution in [3.63, 3.8) is 0 Å². The van der Waals surface area contributed by atoms with E-state index in [1.165, 1.54) is 11.2 Å². The Balaban J connectivity index is 2.08. The van der Waals surface area contributed by atoms with Crippen LogP contribution in [0.4, 0.5) is 5.69 Å². The Morgan fingerprint density at radius 1 is 1.16 bits per heavy atom. The number of anilines is 1. The first-order chi connectivity index (χ1) is 14.6. The lowest BCUT2D eigenvalue weighted by Gasteiger charge is -2.36. The SMILES string of the molecule is CC(=O)Nc1ccc(C)cc1S(=O)(=O)N1CCc2ccccc2C1CC(=O)NC(C)C. The van der Waals surface area contributed by atoms with Crippen molar-refractivity contribution in [2.24, 2.45) is 0 Å². The van der Waals surface area contributed by atoms with E-state index in [0.29, 0.717) is 6.42 Å². The van der Waals surface area contributed by atoms with E-state index in [-0.39, 0.29) is 41.4 Å². The summed E-state index contributed by atoms with van der Waals surface area (Å²) in [5, 5.41) is 5.48. The number of nitrogens with one attached hydrogen (secondary N) is 2. The highest BCUT2D eigenvalue weighted by molar-refractivity contribution is 7.89. The second-order valence-corrected chi connectivity index (χ2v) is 10.0. The molecule has 0 saturated carbocycles. The van der Waals surface area contributed by atoms with Gasteiger partial charge in [0.15, 0.2) is 0 Å². The van der Waals surface area contributed by atoms with Crippen molar-refractivity contribution in [2.45, 2.75) is 57.5 Å². The Morgan fingerprint density at radius 3 is 2.55 bits per heavy atom. The quantitative estimate of drug-likeness (QED) is 0.717. The lowest BCUT2D eigenvalue weighted by atomic mass is 9.92. The fourth-order valence-corrected chi connectivity index (χ4v) is 5.79. The summed E-state index contributed by atoms with van der Waals surface area (Å²) in [4.78, 5) is 24.3. The van der Waals surface area contributed by atoms with Gasteiger partial charge in [-0.1, -0.05) is 30.3 Å². The van der Waals surface area contributed by atoms with E-state index >= 15 is 0 Å². The number of aryl methyl sites for hydroxylation is 1. The third-order valence-corrected chi connectivity index (χ3v) is 7.17. The number of sulfonamides is 1. The van der Waals surface area contributed by atoms with Gasteiger partial charge in [0.05, 0.1) is 11.7 Å². The fourth-order valence-electron chi connectivity index (χ4n) is 3.95. The summed E-state index contributed by atoms with van der Waals surface area (Å²) >= 11 is 0. The number of fused-ring (bicyclic) bond motifs is 1. The van der Waals surface area contributed by atoms with Gasteiger partial charge in [0.1, 0.15) is 4.90 Å². The van der Waals surface area contributed by atoms with Gasteiger partial charge in [-0.3, -0.25) is 9.59 Å². The number of carbonyl (C=O) groups is 2. The molecule has 0 aliphatic carbocycles. The number of amides is 2. The molecule has 8 heteroatoms. The largest absolute Gasteiger partial charge is 0.354 e. The molecule has 2 aromatic rings. The van der Waals surface area contributed by atoms with Crippen molar-refractivity contribution in [3.05, 3.63) is 59.2 Å². The normalized spacial score (nSPS) is 16.6. The maximum absolute atomic E-state index is 13.8. The summed E-state index contributed by atoms with van der Waals surface area (Å²) < 4.78 is 29.0. The van der Waals surface area contributed by atoms with Crippen molar-refractivity contribution in [2.75, 3.05) is 11.9 Å². The standard InChI is InChI=1S/C23H29N3O4S/c1-15(2)24-23(28)14-21-19-8-6-5-7-18(19)11-12-26(21)31(29,30)22-13-16(3)9-10-20(22)25-17(4)27/h5-10,13,15,21H,11-12,14H2,1-4H3,(H,24,28)(H,25,27). The second kappa shape index (κ2) is 9.20. The molecule has 3 rings (SSSR count). The van der Waals surface area contributed by atoms with Crippen LogP contribution in [0.15, 0.2) is 47.4 Å². The molecule has 1 aliphatic heterocycles. The Morgan fingerprint density at radius 2 is 1.87 bits per heavy atom. The van der Waals surface area contributed by atoms with E-state index in [9.17, 15) is 18.0 Å². The van der Waals surface area contributed by atoms with E-state index in [2.05, 4.69) is 10.6 Å². The maximum atomic E-state index is 13.8. The van der Waals surface area contributed by atoms with Crippen LogP contribution in [0.25, 0.3) is 0 Å². The molecule has 0 bridgehead atoms. The number of nitrogens with zero attached hydrogens (tertiary/aromatic N) is 1. The molecule has 1 atom stereocenters. The number of benzene rings is 2. The van der Waals surface area contributed by atoms with Gasteiger partial charge in [-0.05, 0) is 56.0 Å². The predicted molar refractivity (Wildman–Crippen MR) is 120 cm³/mol. The minimum atomic E-state index is -3.99. The lowest BCUT2D eigenvalue weighted by Crippen LogP contribution is -2.43. The lowest BCUT2D eigenvalue weighted by molar-refractivity contribution is -0.122. The summed E-state index contributed by atoms with van der Waals surface area (Å²) in [7, 11) is -3.99. The smallest absolute Gasteiger partial charge is 0.245 e. The summed E-state index contributed by atoms with van der Waals surface area (Å²) in [5.74, 6) is -0.555. The highest BCUT2D eigenvalue weighted by Gasteiger charge is 2.38. The van der Waals surface area contributed by atoms with Crippen molar-refractivity contribution in [1.29, 1.82) is 0 Å². The minimum absolute atomic E-state index is 0.0235. The Hall–Kier alpha value is -2.71. The van der Waals surface area contributed by atoms with Gasteiger partial charge in [0.25, 0.3) is 0 Å². The monoisotopic (exact) mass is 443 g/mol. The summed E-state index contributed by atoms with van der Waals surface area (Å²) in [6.07, 6.45) is 0.578. The van der Waals surface area contributed by atoms with Crippen molar-refractivity contribution in [3.8, 4) is 0 Å². The van der Waals surface area contributed by atoms with Gasteiger partial charge in [0, 0.05) is 25.9 Å². The number of hydrogen-bond donors (Lipinski definition) is 2. The van der Waals surface area contributed by atoms with Gasteiger partial charge in [-0.2, -0.15) is 4.31 Å². The zero-order valence-corrected chi connectivity index (χ0v) is 19.1. The van der Waals surface area contributed by atoms with Crippen LogP contribution < -0.4 is 10.6 Å². The molecule has 0 fully saturated rings. The zero-order chi connectivity index (χ0) is 22.8. The Kier molecular flexibility index (Phi) is 6.81. The van der Waals surface area contributed by atoms with E-state index in [1.807, 2.05) is 38.1 Å². The molecule has 0 radical (unpaired) electrons. The molecule has 166 valence electrons. The topological polar surface area (TPSA) is 95.6 Å². The summed E-state index contributed by atoms with van der Waals surface area (Å²) in [6.45, 7) is 7.13. The molecule has 0 spiro atoms. The van der Waals surface area contributed by atoms with Crippen LogP contribution in [0.5, 0.6) is 0 Å². The zero-order valence-electron chi connectivity index (χ0n) is 18.3. The van der Waals surface area contributed by atoms with Gasteiger partial charge < -0.3 is 10.6 Å². The van der Waals surface area contributed by atoms with E-state index in [0.717, 1.165) is 16.7 Å². The van der Waals surface area contributed by atoms with Gasteiger partial charge in [-0.25, -0.2) is 8.42 Å². The molecule has 31 heavy (non-hydrogen) atoms. The second-order valence-electron chi connectivity index (χ2n) is 8.19. The summed E-state index contributed by atoms with van der Waals surface area (Å²) in [6, 6.07) is 11.9. The van der Waals surface area contributed by atoms with Crippen LogP contribution in [-0.4, -0.2) is 37.1 Å². The molecular weight excluding hydrogens is 414 g/mol. The highest BCUT2D eigenvalue weighted by atomic mass is 32.2. The molecule has 0 saturated heterocycles. The average Bonchev–Trinajstić information content (AvgIpc) is 2.68. The first-order valence-corrected chi connectivity index (χ1v) is 11.8.